The van der Waals surface area contributed by atoms with Crippen LogP contribution < -0.4 is 11.1 Å². The van der Waals surface area contributed by atoms with E-state index in [1.165, 1.54) is 12.8 Å². The first-order chi connectivity index (χ1) is 9.69. The van der Waals surface area contributed by atoms with Crippen molar-refractivity contribution in [3.63, 3.8) is 0 Å². The van der Waals surface area contributed by atoms with Crippen molar-refractivity contribution in [1.29, 1.82) is 0 Å². The van der Waals surface area contributed by atoms with Crippen molar-refractivity contribution in [1.82, 2.24) is 9.78 Å². The Hall–Kier alpha value is -1.11. The third-order valence-electron chi connectivity index (χ3n) is 3.86. The third-order valence-corrected chi connectivity index (χ3v) is 3.86. The van der Waals surface area contributed by atoms with E-state index in [-0.39, 0.29) is 24.4 Å². The van der Waals surface area contributed by atoms with Gasteiger partial charge in [0.25, 0.3) is 0 Å². The normalized spacial score (nSPS) is 21.6. The van der Waals surface area contributed by atoms with Crippen molar-refractivity contribution in [3.05, 3.63) is 12.4 Å². The maximum absolute atomic E-state index is 12.0. The van der Waals surface area contributed by atoms with E-state index < -0.39 is 0 Å². The molecule has 0 radical (unpaired) electrons. The van der Waals surface area contributed by atoms with Crippen molar-refractivity contribution in [3.8, 4) is 0 Å². The van der Waals surface area contributed by atoms with Gasteiger partial charge in [0.2, 0.25) is 5.91 Å². The predicted octanol–water partition coefficient (Wildman–Crippen LogP) is 1.80. The van der Waals surface area contributed by atoms with Crippen molar-refractivity contribution < 1.29 is 9.53 Å². The fourth-order valence-corrected chi connectivity index (χ4v) is 2.68. The van der Waals surface area contributed by atoms with Crippen LogP contribution in [0.25, 0.3) is 0 Å². The lowest BCUT2D eigenvalue weighted by Crippen LogP contribution is -2.35. The Balaban J connectivity index is 0.00000220. The van der Waals surface area contributed by atoms with Gasteiger partial charge in [-0.2, -0.15) is 5.10 Å². The lowest BCUT2D eigenvalue weighted by molar-refractivity contribution is -0.117. The number of amides is 1. The molecular formula is C14H25ClN4O2. The lowest BCUT2D eigenvalue weighted by Gasteiger charge is -2.27. The van der Waals surface area contributed by atoms with E-state index >= 15 is 0 Å². The van der Waals surface area contributed by atoms with Gasteiger partial charge in [0, 0.05) is 25.8 Å². The van der Waals surface area contributed by atoms with Gasteiger partial charge in [-0.15, -0.1) is 12.4 Å². The Morgan fingerprint density at radius 2 is 2.29 bits per heavy atom. The fourth-order valence-electron chi connectivity index (χ4n) is 2.68. The quantitative estimate of drug-likeness (QED) is 0.838. The van der Waals surface area contributed by atoms with Crippen LogP contribution in [0.1, 0.15) is 32.1 Å². The van der Waals surface area contributed by atoms with Gasteiger partial charge in [0.05, 0.1) is 25.0 Å². The van der Waals surface area contributed by atoms with E-state index in [1.54, 1.807) is 18.0 Å². The van der Waals surface area contributed by atoms with E-state index in [4.69, 9.17) is 10.5 Å². The molecule has 7 heteroatoms. The number of anilines is 1. The largest absolute Gasteiger partial charge is 0.383 e. The molecule has 0 bridgehead atoms. The molecule has 1 heterocycles. The molecule has 2 rings (SSSR count). The molecule has 3 N–H and O–H groups in total. The highest BCUT2D eigenvalue weighted by molar-refractivity contribution is 5.90. The second kappa shape index (κ2) is 9.02. The third kappa shape index (κ3) is 5.65. The van der Waals surface area contributed by atoms with Crippen LogP contribution in [0.4, 0.5) is 5.69 Å². The number of hydrogen-bond donors (Lipinski definition) is 2. The Labute approximate surface area is 131 Å². The average Bonchev–Trinajstić information content (AvgIpc) is 2.86. The molecule has 0 saturated heterocycles. The van der Waals surface area contributed by atoms with Gasteiger partial charge in [-0.3, -0.25) is 9.48 Å². The van der Waals surface area contributed by atoms with Gasteiger partial charge in [0.1, 0.15) is 0 Å². The first-order valence-corrected chi connectivity index (χ1v) is 7.26. The first-order valence-electron chi connectivity index (χ1n) is 7.26. The number of nitrogens with zero attached hydrogens (tertiary/aromatic N) is 2. The van der Waals surface area contributed by atoms with Crippen LogP contribution in [-0.4, -0.2) is 35.4 Å². The molecule has 0 aliphatic heterocycles. The zero-order valence-electron chi connectivity index (χ0n) is 12.5. The molecule has 1 aromatic rings. The summed E-state index contributed by atoms with van der Waals surface area (Å²) in [6, 6.07) is 0.166. The molecule has 1 amide bonds. The Kier molecular flexibility index (Phi) is 7.71. The van der Waals surface area contributed by atoms with Crippen LogP contribution in [0.2, 0.25) is 0 Å². The second-order valence-corrected chi connectivity index (χ2v) is 5.45. The number of aromatic nitrogens is 2. The van der Waals surface area contributed by atoms with E-state index in [2.05, 4.69) is 10.4 Å². The van der Waals surface area contributed by atoms with Crippen LogP contribution in [0, 0.1) is 5.92 Å². The zero-order chi connectivity index (χ0) is 14.4. The van der Waals surface area contributed by atoms with E-state index in [1.807, 2.05) is 6.20 Å². The Morgan fingerprint density at radius 3 is 3.00 bits per heavy atom. The molecule has 1 aliphatic carbocycles. The maximum Gasteiger partial charge on any atom is 0.224 e. The maximum atomic E-state index is 12.0. The summed E-state index contributed by atoms with van der Waals surface area (Å²) in [5.41, 5.74) is 6.80. The SMILES string of the molecule is COCCn1cc(NC(=O)CC2CCCCC2N)cn1.Cl. The number of halogens is 1. The summed E-state index contributed by atoms with van der Waals surface area (Å²) in [7, 11) is 1.65. The molecule has 0 aromatic carbocycles. The Bertz CT molecular complexity index is 438. The highest BCUT2D eigenvalue weighted by atomic mass is 35.5. The number of nitrogens with one attached hydrogen (secondary N) is 1. The van der Waals surface area contributed by atoms with Gasteiger partial charge < -0.3 is 15.8 Å². The van der Waals surface area contributed by atoms with Gasteiger partial charge in [-0.25, -0.2) is 0 Å². The zero-order valence-corrected chi connectivity index (χ0v) is 13.3. The molecule has 0 spiro atoms. The van der Waals surface area contributed by atoms with Crippen molar-refractivity contribution in [2.24, 2.45) is 11.7 Å². The molecule has 1 fully saturated rings. The standard InChI is InChI=1S/C14H24N4O2.ClH/c1-20-7-6-18-10-12(9-16-18)17-14(19)8-11-4-2-3-5-13(11)15;/h9-11,13H,2-8,15H2,1H3,(H,17,19);1H. The molecular weight excluding hydrogens is 292 g/mol. The first kappa shape index (κ1) is 17.9. The van der Waals surface area contributed by atoms with Gasteiger partial charge >= 0.3 is 0 Å². The van der Waals surface area contributed by atoms with Crippen molar-refractivity contribution >= 4 is 24.0 Å². The van der Waals surface area contributed by atoms with Gasteiger partial charge in [-0.1, -0.05) is 12.8 Å². The van der Waals surface area contributed by atoms with Gasteiger partial charge in [0.15, 0.2) is 0 Å². The van der Waals surface area contributed by atoms with Gasteiger partial charge in [-0.05, 0) is 18.8 Å². The smallest absolute Gasteiger partial charge is 0.224 e. The minimum atomic E-state index is 0. The van der Waals surface area contributed by atoms with Crippen LogP contribution in [-0.2, 0) is 16.1 Å². The van der Waals surface area contributed by atoms with Crippen molar-refractivity contribution in [2.45, 2.75) is 44.7 Å². The topological polar surface area (TPSA) is 82.2 Å². The molecule has 1 aromatic heterocycles. The number of carbonyl (C=O) groups excluding carboxylic acids is 1. The minimum Gasteiger partial charge on any atom is -0.383 e. The summed E-state index contributed by atoms with van der Waals surface area (Å²) in [6.45, 7) is 1.28. The summed E-state index contributed by atoms with van der Waals surface area (Å²) >= 11 is 0. The highest BCUT2D eigenvalue weighted by Crippen LogP contribution is 2.25. The summed E-state index contributed by atoms with van der Waals surface area (Å²) in [4.78, 5) is 12.0. The number of rotatable bonds is 6. The molecule has 21 heavy (non-hydrogen) atoms. The number of nitrogens with two attached hydrogens (primary N) is 1. The van der Waals surface area contributed by atoms with Crippen molar-refractivity contribution in [2.75, 3.05) is 19.0 Å². The highest BCUT2D eigenvalue weighted by Gasteiger charge is 2.24. The fraction of sp³-hybridized carbons (Fsp3) is 0.714. The van der Waals surface area contributed by atoms with Crippen LogP contribution in [0.5, 0.6) is 0 Å². The monoisotopic (exact) mass is 316 g/mol. The lowest BCUT2D eigenvalue weighted by atomic mass is 9.83. The summed E-state index contributed by atoms with van der Waals surface area (Å²) in [5, 5.41) is 7.05. The Morgan fingerprint density at radius 1 is 1.52 bits per heavy atom. The van der Waals surface area contributed by atoms with Crippen LogP contribution >= 0.6 is 12.4 Å². The predicted molar refractivity (Wildman–Crippen MR) is 84.5 cm³/mol. The molecule has 6 nitrogen and oxygen atoms in total. The van der Waals surface area contributed by atoms with E-state index in [0.29, 0.717) is 25.5 Å². The summed E-state index contributed by atoms with van der Waals surface area (Å²) in [6.07, 6.45) is 8.44. The average molecular weight is 317 g/mol. The number of methoxy groups -OCH3 is 1. The van der Waals surface area contributed by atoms with Crippen LogP contribution in [0.15, 0.2) is 12.4 Å². The number of hydrogen-bond acceptors (Lipinski definition) is 4. The van der Waals surface area contributed by atoms with E-state index in [9.17, 15) is 4.79 Å². The molecule has 2 atom stereocenters. The second-order valence-electron chi connectivity index (χ2n) is 5.45. The number of carbonyl (C=O) groups is 1. The minimum absolute atomic E-state index is 0. The molecule has 120 valence electrons. The molecule has 1 aliphatic rings. The van der Waals surface area contributed by atoms with E-state index in [0.717, 1.165) is 18.5 Å². The summed E-state index contributed by atoms with van der Waals surface area (Å²) in [5.74, 6) is 0.339. The summed E-state index contributed by atoms with van der Waals surface area (Å²) < 4.78 is 6.74. The molecule has 1 saturated carbocycles. The number of ether oxygens (including phenoxy) is 1. The molecule has 2 unspecified atom stereocenters. The van der Waals surface area contributed by atoms with Crippen LogP contribution in [0.3, 0.4) is 0 Å².